The van der Waals surface area contributed by atoms with E-state index in [2.05, 4.69) is 0 Å². The van der Waals surface area contributed by atoms with E-state index in [1.54, 1.807) is 11.3 Å². The number of benzene rings is 1. The minimum Gasteiger partial charge on any atom is -0.383 e. The van der Waals surface area contributed by atoms with Gasteiger partial charge in [0.05, 0.1) is 5.02 Å². The Labute approximate surface area is 104 Å². The van der Waals surface area contributed by atoms with Crippen LogP contribution in [0.15, 0.2) is 30.3 Å². The number of aliphatic hydroxyl groups excluding tert-OH is 1. The van der Waals surface area contributed by atoms with Crippen molar-refractivity contribution in [2.45, 2.75) is 20.0 Å². The zero-order valence-corrected chi connectivity index (χ0v) is 10.8. The summed E-state index contributed by atoms with van der Waals surface area (Å²) >= 11 is 7.69. The molecular weight excluding hydrogens is 240 g/mol. The molecule has 0 aliphatic carbocycles. The van der Waals surface area contributed by atoms with Crippen molar-refractivity contribution in [3.63, 3.8) is 0 Å². The van der Waals surface area contributed by atoms with Crippen molar-refractivity contribution in [1.29, 1.82) is 0 Å². The molecule has 0 spiro atoms. The number of halogens is 1. The fourth-order valence-corrected chi connectivity index (χ4v) is 3.06. The summed E-state index contributed by atoms with van der Waals surface area (Å²) in [6.45, 7) is 3.93. The number of thiophene rings is 1. The number of aryl methyl sites for hydroxylation is 1. The van der Waals surface area contributed by atoms with Crippen molar-refractivity contribution in [2.75, 3.05) is 0 Å². The average Bonchev–Trinajstić information content (AvgIpc) is 2.57. The molecule has 1 nitrogen and oxygen atoms in total. The lowest BCUT2D eigenvalue weighted by Crippen LogP contribution is -1.98. The minimum atomic E-state index is -0.572. The quantitative estimate of drug-likeness (QED) is 0.853. The normalized spacial score (nSPS) is 12.8. The minimum absolute atomic E-state index is 0.572. The maximum atomic E-state index is 10.3. The standard InChI is InChI=1S/C13H13ClOS/c1-8-11(14)9(2)16-13(8)12(15)10-6-4-3-5-7-10/h3-7,12,15H,1-2H3. The first kappa shape index (κ1) is 11.6. The summed E-state index contributed by atoms with van der Waals surface area (Å²) in [7, 11) is 0. The first-order chi connectivity index (χ1) is 7.61. The Bertz CT molecular complexity index is 490. The van der Waals surface area contributed by atoms with E-state index in [4.69, 9.17) is 11.6 Å². The van der Waals surface area contributed by atoms with Crippen molar-refractivity contribution >= 4 is 22.9 Å². The van der Waals surface area contributed by atoms with E-state index < -0.39 is 6.10 Å². The van der Waals surface area contributed by atoms with E-state index >= 15 is 0 Å². The van der Waals surface area contributed by atoms with Crippen molar-refractivity contribution in [3.05, 3.63) is 56.2 Å². The monoisotopic (exact) mass is 252 g/mol. The van der Waals surface area contributed by atoms with Gasteiger partial charge in [-0.25, -0.2) is 0 Å². The van der Waals surface area contributed by atoms with Gasteiger partial charge in [0.2, 0.25) is 0 Å². The molecule has 0 aliphatic heterocycles. The number of aliphatic hydroxyl groups is 1. The van der Waals surface area contributed by atoms with Crippen LogP contribution in [0, 0.1) is 13.8 Å². The Kier molecular flexibility index (Phi) is 3.33. The molecule has 84 valence electrons. The Morgan fingerprint density at radius 3 is 2.31 bits per heavy atom. The number of hydrogen-bond donors (Lipinski definition) is 1. The fraction of sp³-hybridized carbons (Fsp3) is 0.231. The molecule has 2 rings (SSSR count). The highest BCUT2D eigenvalue weighted by atomic mass is 35.5. The summed E-state index contributed by atoms with van der Waals surface area (Å²) in [5.74, 6) is 0. The largest absolute Gasteiger partial charge is 0.383 e. The van der Waals surface area contributed by atoms with Crippen LogP contribution in [0.1, 0.15) is 27.0 Å². The Morgan fingerprint density at radius 1 is 1.19 bits per heavy atom. The zero-order chi connectivity index (χ0) is 11.7. The third kappa shape index (κ3) is 2.01. The molecule has 1 N–H and O–H groups in total. The van der Waals surface area contributed by atoms with Gasteiger partial charge in [0.15, 0.2) is 0 Å². The van der Waals surface area contributed by atoms with Crippen LogP contribution in [0.3, 0.4) is 0 Å². The lowest BCUT2D eigenvalue weighted by molar-refractivity contribution is 0.223. The van der Waals surface area contributed by atoms with Crippen LogP contribution in [0.5, 0.6) is 0 Å². The summed E-state index contributed by atoms with van der Waals surface area (Å²) in [5.41, 5.74) is 1.89. The lowest BCUT2D eigenvalue weighted by Gasteiger charge is -2.10. The summed E-state index contributed by atoms with van der Waals surface area (Å²) in [5, 5.41) is 11.0. The summed E-state index contributed by atoms with van der Waals surface area (Å²) < 4.78 is 0. The molecule has 3 heteroatoms. The van der Waals surface area contributed by atoms with Crippen LogP contribution >= 0.6 is 22.9 Å². The van der Waals surface area contributed by atoms with Crippen LogP contribution in [0.25, 0.3) is 0 Å². The molecule has 0 aliphatic rings. The Hall–Kier alpha value is -0.830. The summed E-state index contributed by atoms with van der Waals surface area (Å²) in [6, 6.07) is 9.64. The van der Waals surface area contributed by atoms with Crippen molar-refractivity contribution in [3.8, 4) is 0 Å². The van der Waals surface area contributed by atoms with Crippen LogP contribution in [-0.2, 0) is 0 Å². The second-order valence-corrected chi connectivity index (χ2v) is 5.41. The van der Waals surface area contributed by atoms with Crippen LogP contribution in [-0.4, -0.2) is 5.11 Å². The highest BCUT2D eigenvalue weighted by Gasteiger charge is 2.18. The van der Waals surface area contributed by atoms with Crippen LogP contribution in [0.2, 0.25) is 5.02 Å². The summed E-state index contributed by atoms with van der Waals surface area (Å²) in [4.78, 5) is 2.00. The molecule has 1 aromatic carbocycles. The molecule has 0 saturated heterocycles. The number of hydrogen-bond acceptors (Lipinski definition) is 2. The first-order valence-electron chi connectivity index (χ1n) is 5.09. The van der Waals surface area contributed by atoms with Gasteiger partial charge in [0.25, 0.3) is 0 Å². The van der Waals surface area contributed by atoms with Gasteiger partial charge in [0.1, 0.15) is 6.10 Å². The van der Waals surface area contributed by atoms with Crippen LogP contribution in [0.4, 0.5) is 0 Å². The van der Waals surface area contributed by atoms with Gasteiger partial charge in [-0.3, -0.25) is 0 Å². The first-order valence-corrected chi connectivity index (χ1v) is 6.29. The Balaban J connectivity index is 2.42. The van der Waals surface area contributed by atoms with Crippen LogP contribution < -0.4 is 0 Å². The highest BCUT2D eigenvalue weighted by molar-refractivity contribution is 7.12. The third-order valence-electron chi connectivity index (χ3n) is 2.63. The molecule has 0 radical (unpaired) electrons. The molecule has 1 heterocycles. The van der Waals surface area contributed by atoms with E-state index in [0.29, 0.717) is 0 Å². The highest BCUT2D eigenvalue weighted by Crippen LogP contribution is 2.37. The molecule has 16 heavy (non-hydrogen) atoms. The van der Waals surface area contributed by atoms with E-state index in [-0.39, 0.29) is 0 Å². The van der Waals surface area contributed by atoms with E-state index in [1.807, 2.05) is 44.2 Å². The predicted molar refractivity (Wildman–Crippen MR) is 69.3 cm³/mol. The SMILES string of the molecule is Cc1sc(C(O)c2ccccc2)c(C)c1Cl. The molecule has 0 amide bonds. The molecule has 0 fully saturated rings. The van der Waals surface area contributed by atoms with E-state index in [9.17, 15) is 5.11 Å². The summed E-state index contributed by atoms with van der Waals surface area (Å²) in [6.07, 6.45) is -0.572. The number of rotatable bonds is 2. The maximum absolute atomic E-state index is 10.3. The maximum Gasteiger partial charge on any atom is 0.114 e. The molecular formula is C13H13ClOS. The predicted octanol–water partition coefficient (Wildman–Crippen LogP) is 4.10. The smallest absolute Gasteiger partial charge is 0.114 e. The molecule has 1 atom stereocenters. The molecule has 0 bridgehead atoms. The van der Waals surface area contributed by atoms with Gasteiger partial charge < -0.3 is 5.11 Å². The van der Waals surface area contributed by atoms with E-state index in [0.717, 1.165) is 25.9 Å². The second kappa shape index (κ2) is 4.58. The molecule has 1 aromatic heterocycles. The van der Waals surface area contributed by atoms with Gasteiger partial charge in [-0.2, -0.15) is 0 Å². The fourth-order valence-electron chi connectivity index (χ4n) is 1.71. The van der Waals surface area contributed by atoms with Crippen molar-refractivity contribution < 1.29 is 5.11 Å². The Morgan fingerprint density at radius 2 is 1.81 bits per heavy atom. The van der Waals surface area contributed by atoms with Gasteiger partial charge in [0, 0.05) is 9.75 Å². The topological polar surface area (TPSA) is 20.2 Å². The average molecular weight is 253 g/mol. The lowest BCUT2D eigenvalue weighted by atomic mass is 10.1. The third-order valence-corrected chi connectivity index (χ3v) is 4.57. The second-order valence-electron chi connectivity index (χ2n) is 3.77. The van der Waals surface area contributed by atoms with Crippen molar-refractivity contribution in [2.24, 2.45) is 0 Å². The van der Waals surface area contributed by atoms with Gasteiger partial charge >= 0.3 is 0 Å². The molecule has 1 unspecified atom stereocenters. The zero-order valence-electron chi connectivity index (χ0n) is 9.20. The van der Waals surface area contributed by atoms with Gasteiger partial charge in [-0.15, -0.1) is 11.3 Å². The van der Waals surface area contributed by atoms with Gasteiger partial charge in [-0.05, 0) is 25.0 Å². The van der Waals surface area contributed by atoms with E-state index in [1.165, 1.54) is 0 Å². The van der Waals surface area contributed by atoms with Gasteiger partial charge in [-0.1, -0.05) is 41.9 Å². The molecule has 0 saturated carbocycles. The molecule has 2 aromatic rings. The van der Waals surface area contributed by atoms with Crippen molar-refractivity contribution in [1.82, 2.24) is 0 Å².